The van der Waals surface area contributed by atoms with E-state index in [9.17, 15) is 4.79 Å². The number of likely N-dealkylation sites (tertiary alicyclic amines) is 1. The lowest BCUT2D eigenvalue weighted by atomic mass is 9.97. The Bertz CT molecular complexity index is 898. The van der Waals surface area contributed by atoms with Crippen molar-refractivity contribution in [2.24, 2.45) is 0 Å². The highest BCUT2D eigenvalue weighted by Gasteiger charge is 2.29. The Kier molecular flexibility index (Phi) is 3.55. The van der Waals surface area contributed by atoms with Crippen molar-refractivity contribution in [3.05, 3.63) is 41.4 Å². The molecular weight excluding hydrogens is 308 g/mol. The van der Waals surface area contributed by atoms with E-state index < -0.39 is 0 Å². The van der Waals surface area contributed by atoms with E-state index in [2.05, 4.69) is 15.1 Å². The van der Waals surface area contributed by atoms with Crippen LogP contribution in [0.2, 0.25) is 0 Å². The first-order valence-electron chi connectivity index (χ1n) is 8.07. The van der Waals surface area contributed by atoms with Gasteiger partial charge in [0.1, 0.15) is 5.52 Å². The smallest absolute Gasteiger partial charge is 0.289 e. The summed E-state index contributed by atoms with van der Waals surface area (Å²) in [5.41, 5.74) is 2.24. The molecule has 1 aliphatic rings. The van der Waals surface area contributed by atoms with Gasteiger partial charge >= 0.3 is 0 Å². The Balaban J connectivity index is 1.56. The van der Waals surface area contributed by atoms with Gasteiger partial charge < -0.3 is 13.8 Å². The summed E-state index contributed by atoms with van der Waals surface area (Å²) in [6.07, 6.45) is 1.85. The van der Waals surface area contributed by atoms with Crippen molar-refractivity contribution in [3.8, 4) is 0 Å². The predicted molar refractivity (Wildman–Crippen MR) is 85.7 cm³/mol. The van der Waals surface area contributed by atoms with E-state index in [1.165, 1.54) is 0 Å². The largest absolute Gasteiger partial charge is 0.449 e. The third-order valence-corrected chi connectivity index (χ3v) is 4.34. The van der Waals surface area contributed by atoms with E-state index in [1.54, 1.807) is 17.9 Å². The number of pyridine rings is 1. The van der Waals surface area contributed by atoms with Gasteiger partial charge in [0.15, 0.2) is 17.2 Å². The number of carbonyl (C=O) groups is 1. The Morgan fingerprint density at radius 1 is 1.29 bits per heavy atom. The number of piperidine rings is 1. The first-order chi connectivity index (χ1) is 11.6. The van der Waals surface area contributed by atoms with Crippen LogP contribution in [-0.4, -0.2) is 39.0 Å². The molecular formula is C17H18N4O3. The highest BCUT2D eigenvalue weighted by molar-refractivity contribution is 5.95. The van der Waals surface area contributed by atoms with Crippen LogP contribution in [0.5, 0.6) is 0 Å². The molecule has 1 amide bonds. The molecule has 3 aromatic heterocycles. The molecule has 7 nitrogen and oxygen atoms in total. The summed E-state index contributed by atoms with van der Waals surface area (Å²) in [7, 11) is 0. The Morgan fingerprint density at radius 3 is 2.96 bits per heavy atom. The summed E-state index contributed by atoms with van der Waals surface area (Å²) in [5.74, 6) is 1.53. The van der Waals surface area contributed by atoms with Gasteiger partial charge in [-0.2, -0.15) is 4.98 Å². The first-order valence-corrected chi connectivity index (χ1v) is 8.07. The first kappa shape index (κ1) is 14.9. The highest BCUT2D eigenvalue weighted by atomic mass is 16.5. The third kappa shape index (κ3) is 2.66. The number of aryl methyl sites for hydroxylation is 2. The van der Waals surface area contributed by atoms with Gasteiger partial charge in [-0.25, -0.2) is 4.98 Å². The minimum absolute atomic E-state index is 0.102. The van der Waals surface area contributed by atoms with E-state index in [-0.39, 0.29) is 11.8 Å². The van der Waals surface area contributed by atoms with Gasteiger partial charge in [0.25, 0.3) is 5.91 Å². The molecule has 7 heteroatoms. The van der Waals surface area contributed by atoms with Crippen molar-refractivity contribution in [1.29, 1.82) is 0 Å². The van der Waals surface area contributed by atoms with Crippen LogP contribution < -0.4 is 0 Å². The van der Waals surface area contributed by atoms with Crippen molar-refractivity contribution in [1.82, 2.24) is 20.0 Å². The van der Waals surface area contributed by atoms with Crippen LogP contribution in [0.15, 0.2) is 27.1 Å². The number of fused-ring (bicyclic) bond motifs is 1. The van der Waals surface area contributed by atoms with E-state index in [4.69, 9.17) is 8.94 Å². The van der Waals surface area contributed by atoms with Crippen molar-refractivity contribution < 1.29 is 13.7 Å². The van der Waals surface area contributed by atoms with Crippen LogP contribution in [0.25, 0.3) is 11.1 Å². The molecule has 0 aromatic carbocycles. The number of hydrogen-bond donors (Lipinski definition) is 0. The Labute approximate surface area is 138 Å². The van der Waals surface area contributed by atoms with Crippen molar-refractivity contribution in [3.63, 3.8) is 0 Å². The van der Waals surface area contributed by atoms with Gasteiger partial charge in [-0.1, -0.05) is 5.16 Å². The van der Waals surface area contributed by atoms with E-state index in [1.807, 2.05) is 19.1 Å². The van der Waals surface area contributed by atoms with Crippen LogP contribution in [0, 0.1) is 13.8 Å². The minimum Gasteiger partial charge on any atom is -0.449 e. The normalized spacial score (nSPS) is 18.2. The van der Waals surface area contributed by atoms with Crippen molar-refractivity contribution >= 4 is 17.0 Å². The monoisotopic (exact) mass is 326 g/mol. The number of furan rings is 1. The lowest BCUT2D eigenvalue weighted by molar-refractivity contribution is 0.0674. The van der Waals surface area contributed by atoms with Gasteiger partial charge in [0, 0.05) is 37.7 Å². The molecule has 0 aliphatic carbocycles. The molecule has 1 fully saturated rings. The fourth-order valence-electron chi connectivity index (χ4n) is 3.14. The van der Waals surface area contributed by atoms with E-state index in [0.29, 0.717) is 41.7 Å². The Morgan fingerprint density at radius 2 is 2.17 bits per heavy atom. The average molecular weight is 326 g/mol. The standard InChI is InChI=1S/C17H18N4O3/c1-10-5-6-14-13(18-10)8-15(23-14)17(22)21-7-3-4-12(9-21)16-19-11(2)24-20-16/h5-6,8,12H,3-4,7,9H2,1-2H3. The minimum atomic E-state index is -0.115. The molecule has 0 spiro atoms. The average Bonchev–Trinajstić information content (AvgIpc) is 3.20. The zero-order valence-corrected chi connectivity index (χ0v) is 13.7. The molecule has 0 N–H and O–H groups in total. The third-order valence-electron chi connectivity index (χ3n) is 4.34. The molecule has 0 radical (unpaired) electrons. The summed E-state index contributed by atoms with van der Waals surface area (Å²) < 4.78 is 10.7. The number of rotatable bonds is 2. The van der Waals surface area contributed by atoms with Crippen LogP contribution in [0.3, 0.4) is 0 Å². The van der Waals surface area contributed by atoms with Crippen LogP contribution in [0.1, 0.15) is 46.7 Å². The lowest BCUT2D eigenvalue weighted by Gasteiger charge is -2.30. The topological polar surface area (TPSA) is 85.3 Å². The summed E-state index contributed by atoms with van der Waals surface area (Å²) in [6, 6.07) is 5.43. The lowest BCUT2D eigenvalue weighted by Crippen LogP contribution is -2.39. The summed E-state index contributed by atoms with van der Waals surface area (Å²) in [6.45, 7) is 4.96. The van der Waals surface area contributed by atoms with Gasteiger partial charge in [-0.3, -0.25) is 4.79 Å². The van der Waals surface area contributed by atoms with Crippen LogP contribution in [-0.2, 0) is 0 Å². The molecule has 1 aliphatic heterocycles. The second-order valence-electron chi connectivity index (χ2n) is 6.21. The van der Waals surface area contributed by atoms with E-state index >= 15 is 0 Å². The number of nitrogens with zero attached hydrogens (tertiary/aromatic N) is 4. The number of carbonyl (C=O) groups excluding carboxylic acids is 1. The number of aromatic nitrogens is 3. The molecule has 4 heterocycles. The molecule has 24 heavy (non-hydrogen) atoms. The van der Waals surface area contributed by atoms with E-state index in [0.717, 1.165) is 18.5 Å². The maximum absolute atomic E-state index is 12.8. The number of amides is 1. The molecule has 0 saturated carbocycles. The fourth-order valence-corrected chi connectivity index (χ4v) is 3.14. The predicted octanol–water partition coefficient (Wildman–Crippen LogP) is 2.85. The second-order valence-corrected chi connectivity index (χ2v) is 6.21. The summed E-state index contributed by atoms with van der Waals surface area (Å²) in [4.78, 5) is 23.3. The van der Waals surface area contributed by atoms with Gasteiger partial charge in [-0.05, 0) is 31.9 Å². The summed E-state index contributed by atoms with van der Waals surface area (Å²) in [5, 5.41) is 3.99. The quantitative estimate of drug-likeness (QED) is 0.720. The van der Waals surface area contributed by atoms with Crippen LogP contribution >= 0.6 is 0 Å². The molecule has 124 valence electrons. The molecule has 0 bridgehead atoms. The van der Waals surface area contributed by atoms with Crippen LogP contribution in [0.4, 0.5) is 0 Å². The molecule has 1 saturated heterocycles. The molecule has 1 unspecified atom stereocenters. The highest BCUT2D eigenvalue weighted by Crippen LogP contribution is 2.27. The van der Waals surface area contributed by atoms with Crippen molar-refractivity contribution in [2.75, 3.05) is 13.1 Å². The zero-order valence-electron chi connectivity index (χ0n) is 13.7. The SMILES string of the molecule is Cc1ccc2oc(C(=O)N3CCCC(c4noc(C)n4)C3)cc2n1. The van der Waals surface area contributed by atoms with Crippen molar-refractivity contribution in [2.45, 2.75) is 32.6 Å². The maximum Gasteiger partial charge on any atom is 0.289 e. The molecule has 3 aromatic rings. The summed E-state index contributed by atoms with van der Waals surface area (Å²) >= 11 is 0. The zero-order chi connectivity index (χ0) is 16.7. The maximum atomic E-state index is 12.8. The second kappa shape index (κ2) is 5.74. The van der Waals surface area contributed by atoms with Gasteiger partial charge in [-0.15, -0.1) is 0 Å². The Hall–Kier alpha value is -2.70. The van der Waals surface area contributed by atoms with Gasteiger partial charge in [0.2, 0.25) is 5.89 Å². The molecule has 4 rings (SSSR count). The fraction of sp³-hybridized carbons (Fsp3) is 0.412. The number of hydrogen-bond acceptors (Lipinski definition) is 6. The van der Waals surface area contributed by atoms with Gasteiger partial charge in [0.05, 0.1) is 0 Å². The molecule has 1 atom stereocenters.